The van der Waals surface area contributed by atoms with Gasteiger partial charge in [0.15, 0.2) is 0 Å². The number of hydrogen-bond acceptors (Lipinski definition) is 5. The molecule has 0 fully saturated rings. The third-order valence-electron chi connectivity index (χ3n) is 3.11. The second kappa shape index (κ2) is 7.85. The molecule has 0 aliphatic carbocycles. The maximum atomic E-state index is 11.9. The van der Waals surface area contributed by atoms with Crippen LogP contribution in [-0.2, 0) is 9.59 Å². The van der Waals surface area contributed by atoms with Crippen molar-refractivity contribution in [1.82, 2.24) is 5.32 Å². The Bertz CT molecular complexity index is 699. The maximum Gasteiger partial charge on any atom is 0.313 e. The van der Waals surface area contributed by atoms with Crippen molar-refractivity contribution in [3.05, 3.63) is 47.9 Å². The minimum Gasteiger partial charge on any atom is -0.464 e. The highest BCUT2D eigenvalue weighted by molar-refractivity contribution is 7.98. The summed E-state index contributed by atoms with van der Waals surface area (Å²) in [5.74, 6) is -0.592. The third-order valence-corrected chi connectivity index (χ3v) is 3.90. The van der Waals surface area contributed by atoms with Gasteiger partial charge in [-0.3, -0.25) is 9.59 Å². The van der Waals surface area contributed by atoms with Crippen LogP contribution in [0.1, 0.15) is 17.6 Å². The standard InChI is InChI=1S/C16H18N2O4S/c1-10-7-8-13(22-10)12(19)9-17-15(20)16(21)18-11-5-3-4-6-14(11)23-2/h3-8,12,19H,9H2,1-2H3,(H,17,20)(H,18,21). The third kappa shape index (κ3) is 4.61. The predicted molar refractivity (Wildman–Crippen MR) is 88.3 cm³/mol. The summed E-state index contributed by atoms with van der Waals surface area (Å²) in [6, 6.07) is 10.5. The van der Waals surface area contributed by atoms with E-state index in [9.17, 15) is 14.7 Å². The summed E-state index contributed by atoms with van der Waals surface area (Å²) in [5, 5.41) is 14.8. The van der Waals surface area contributed by atoms with Crippen molar-refractivity contribution in [2.24, 2.45) is 0 Å². The van der Waals surface area contributed by atoms with E-state index in [1.807, 2.05) is 18.4 Å². The average Bonchev–Trinajstić information content (AvgIpc) is 2.99. The van der Waals surface area contributed by atoms with Gasteiger partial charge in [-0.05, 0) is 37.4 Å². The van der Waals surface area contributed by atoms with E-state index in [4.69, 9.17) is 4.42 Å². The molecule has 1 unspecified atom stereocenters. The van der Waals surface area contributed by atoms with Crippen LogP contribution in [0, 0.1) is 6.92 Å². The molecular weight excluding hydrogens is 316 g/mol. The molecule has 2 rings (SSSR count). The molecule has 6 nitrogen and oxygen atoms in total. The normalized spacial score (nSPS) is 11.8. The van der Waals surface area contributed by atoms with Crippen LogP contribution in [0.3, 0.4) is 0 Å². The van der Waals surface area contributed by atoms with E-state index in [-0.39, 0.29) is 6.54 Å². The number of aliphatic hydroxyl groups is 1. The number of aryl methyl sites for hydroxylation is 1. The van der Waals surface area contributed by atoms with Crippen LogP contribution in [0.5, 0.6) is 0 Å². The second-order valence-corrected chi connectivity index (χ2v) is 5.68. The molecule has 0 saturated heterocycles. The molecule has 0 radical (unpaired) electrons. The Morgan fingerprint density at radius 2 is 1.96 bits per heavy atom. The lowest BCUT2D eigenvalue weighted by Crippen LogP contribution is -2.37. The van der Waals surface area contributed by atoms with Gasteiger partial charge in [0, 0.05) is 4.90 Å². The van der Waals surface area contributed by atoms with Crippen molar-refractivity contribution < 1.29 is 19.1 Å². The highest BCUT2D eigenvalue weighted by atomic mass is 32.2. The first kappa shape index (κ1) is 17.1. The highest BCUT2D eigenvalue weighted by Crippen LogP contribution is 2.24. The summed E-state index contributed by atoms with van der Waals surface area (Å²) in [7, 11) is 0. The van der Waals surface area contributed by atoms with Crippen LogP contribution in [0.4, 0.5) is 5.69 Å². The minimum atomic E-state index is -1.00. The van der Waals surface area contributed by atoms with Gasteiger partial charge in [0.1, 0.15) is 17.6 Å². The van der Waals surface area contributed by atoms with E-state index in [1.165, 1.54) is 11.8 Å². The first-order chi connectivity index (χ1) is 11.0. The Hall–Kier alpha value is -2.25. The van der Waals surface area contributed by atoms with Crippen LogP contribution in [0.15, 0.2) is 45.7 Å². The van der Waals surface area contributed by atoms with Crippen molar-refractivity contribution in [2.75, 3.05) is 18.1 Å². The zero-order valence-electron chi connectivity index (χ0n) is 12.8. The number of hydrogen-bond donors (Lipinski definition) is 3. The summed E-state index contributed by atoms with van der Waals surface area (Å²) < 4.78 is 5.26. The van der Waals surface area contributed by atoms with Gasteiger partial charge in [-0.2, -0.15) is 0 Å². The predicted octanol–water partition coefficient (Wildman–Crippen LogP) is 2.10. The lowest BCUT2D eigenvalue weighted by molar-refractivity contribution is -0.136. The second-order valence-electron chi connectivity index (χ2n) is 4.83. The van der Waals surface area contributed by atoms with Crippen molar-refractivity contribution in [2.45, 2.75) is 17.9 Å². The molecule has 0 spiro atoms. The molecule has 1 aromatic carbocycles. The number of thioether (sulfide) groups is 1. The van der Waals surface area contributed by atoms with Gasteiger partial charge < -0.3 is 20.2 Å². The first-order valence-corrected chi connectivity index (χ1v) is 8.20. The van der Waals surface area contributed by atoms with Crippen molar-refractivity contribution in [3.63, 3.8) is 0 Å². The summed E-state index contributed by atoms with van der Waals surface area (Å²) >= 11 is 1.47. The monoisotopic (exact) mass is 334 g/mol. The van der Waals surface area contributed by atoms with Gasteiger partial charge >= 0.3 is 11.8 Å². The molecule has 1 aromatic heterocycles. The summed E-state index contributed by atoms with van der Waals surface area (Å²) in [6.07, 6.45) is 0.881. The van der Waals surface area contributed by atoms with Gasteiger partial charge in [-0.1, -0.05) is 12.1 Å². The summed E-state index contributed by atoms with van der Waals surface area (Å²) in [5.41, 5.74) is 0.572. The lowest BCUT2D eigenvalue weighted by Gasteiger charge is -2.11. The lowest BCUT2D eigenvalue weighted by atomic mass is 10.2. The van der Waals surface area contributed by atoms with Gasteiger partial charge in [-0.15, -0.1) is 11.8 Å². The number of carbonyl (C=O) groups is 2. The van der Waals surface area contributed by atoms with Gasteiger partial charge in [0.2, 0.25) is 0 Å². The van der Waals surface area contributed by atoms with Crippen LogP contribution >= 0.6 is 11.8 Å². The molecule has 2 aromatic rings. The number of aliphatic hydroxyl groups excluding tert-OH is 1. The van der Waals surface area contributed by atoms with Crippen molar-refractivity contribution in [1.29, 1.82) is 0 Å². The number of amides is 2. The molecule has 122 valence electrons. The summed E-state index contributed by atoms with van der Waals surface area (Å²) in [4.78, 5) is 24.6. The molecule has 2 amide bonds. The fourth-order valence-corrected chi connectivity index (χ4v) is 2.48. The molecule has 1 heterocycles. The Labute approximate surface area is 138 Å². The number of furan rings is 1. The quantitative estimate of drug-likeness (QED) is 0.575. The van der Waals surface area contributed by atoms with Crippen LogP contribution in [0.2, 0.25) is 0 Å². The van der Waals surface area contributed by atoms with Crippen LogP contribution < -0.4 is 10.6 Å². The van der Waals surface area contributed by atoms with E-state index in [0.29, 0.717) is 17.2 Å². The molecule has 1 atom stereocenters. The van der Waals surface area contributed by atoms with E-state index in [2.05, 4.69) is 10.6 Å². The SMILES string of the molecule is CSc1ccccc1NC(=O)C(=O)NCC(O)c1ccc(C)o1. The number of rotatable bonds is 5. The molecular formula is C16H18N2O4S. The van der Waals surface area contributed by atoms with Gasteiger partial charge in [-0.25, -0.2) is 0 Å². The molecule has 0 bridgehead atoms. The largest absolute Gasteiger partial charge is 0.464 e. The van der Waals surface area contributed by atoms with E-state index in [0.717, 1.165) is 4.90 Å². The topological polar surface area (TPSA) is 91.6 Å². The van der Waals surface area contributed by atoms with E-state index in [1.54, 1.807) is 31.2 Å². The first-order valence-electron chi connectivity index (χ1n) is 6.98. The highest BCUT2D eigenvalue weighted by Gasteiger charge is 2.18. The minimum absolute atomic E-state index is 0.108. The van der Waals surface area contributed by atoms with Crippen LogP contribution in [0.25, 0.3) is 0 Å². The van der Waals surface area contributed by atoms with Crippen molar-refractivity contribution in [3.8, 4) is 0 Å². The van der Waals surface area contributed by atoms with Gasteiger partial charge in [0.05, 0.1) is 12.2 Å². The molecule has 3 N–H and O–H groups in total. The Balaban J connectivity index is 1.89. The summed E-state index contributed by atoms with van der Waals surface area (Å²) in [6.45, 7) is 1.65. The Kier molecular flexibility index (Phi) is 5.84. The molecule has 0 aliphatic heterocycles. The van der Waals surface area contributed by atoms with Crippen molar-refractivity contribution >= 4 is 29.3 Å². The molecule has 23 heavy (non-hydrogen) atoms. The average molecular weight is 334 g/mol. The number of para-hydroxylation sites is 1. The van der Waals surface area contributed by atoms with E-state index >= 15 is 0 Å². The maximum absolute atomic E-state index is 11.9. The van der Waals surface area contributed by atoms with Crippen LogP contribution in [-0.4, -0.2) is 29.7 Å². The van der Waals surface area contributed by atoms with E-state index < -0.39 is 17.9 Å². The molecule has 0 aliphatic rings. The number of anilines is 1. The number of nitrogens with one attached hydrogen (secondary N) is 2. The Morgan fingerprint density at radius 1 is 1.22 bits per heavy atom. The van der Waals surface area contributed by atoms with Gasteiger partial charge in [0.25, 0.3) is 0 Å². The fraction of sp³-hybridized carbons (Fsp3) is 0.250. The number of carbonyl (C=O) groups excluding carboxylic acids is 2. The Morgan fingerprint density at radius 3 is 2.61 bits per heavy atom. The number of benzene rings is 1. The zero-order chi connectivity index (χ0) is 16.8. The smallest absolute Gasteiger partial charge is 0.313 e. The molecule has 7 heteroatoms. The fourth-order valence-electron chi connectivity index (χ4n) is 1.93. The zero-order valence-corrected chi connectivity index (χ0v) is 13.6. The molecule has 0 saturated carbocycles.